The number of hydrogen-bond acceptors (Lipinski definition) is 4. The molecule has 2 heterocycles. The molecule has 98 valence electrons. The fourth-order valence-corrected chi connectivity index (χ4v) is 2.20. The highest BCUT2D eigenvalue weighted by Crippen LogP contribution is 2.27. The molecule has 1 atom stereocenters. The Morgan fingerprint density at radius 1 is 1.15 bits per heavy atom. The maximum atomic E-state index is 10.4. The zero-order chi connectivity index (χ0) is 13.9. The van der Waals surface area contributed by atoms with Gasteiger partial charge in [-0.2, -0.15) is 0 Å². The monoisotopic (exact) mass is 263 g/mol. The SMILES string of the molecule is C=Cc1cc(C(O)c2cncnc2)cc2cccnc12. The normalized spacial score (nSPS) is 12.2. The molecule has 0 saturated heterocycles. The first kappa shape index (κ1) is 12.4. The van der Waals surface area contributed by atoms with Gasteiger partial charge >= 0.3 is 0 Å². The molecule has 1 N–H and O–H groups in total. The highest BCUT2D eigenvalue weighted by molar-refractivity contribution is 5.87. The zero-order valence-corrected chi connectivity index (χ0v) is 10.8. The van der Waals surface area contributed by atoms with E-state index >= 15 is 0 Å². The van der Waals surface area contributed by atoms with Crippen LogP contribution in [0.15, 0.2) is 55.8 Å². The molecule has 20 heavy (non-hydrogen) atoms. The number of fused-ring (bicyclic) bond motifs is 1. The van der Waals surface area contributed by atoms with E-state index in [1.54, 1.807) is 24.7 Å². The minimum absolute atomic E-state index is 0.658. The van der Waals surface area contributed by atoms with E-state index in [4.69, 9.17) is 0 Å². The van der Waals surface area contributed by atoms with Crippen LogP contribution in [-0.4, -0.2) is 20.1 Å². The topological polar surface area (TPSA) is 58.9 Å². The maximum Gasteiger partial charge on any atom is 0.115 e. The molecular formula is C16H13N3O. The lowest BCUT2D eigenvalue weighted by molar-refractivity contribution is 0.219. The molecule has 2 aromatic heterocycles. The molecule has 1 aromatic carbocycles. The van der Waals surface area contributed by atoms with Crippen LogP contribution in [0.1, 0.15) is 22.8 Å². The van der Waals surface area contributed by atoms with Gasteiger partial charge < -0.3 is 5.11 Å². The Labute approximate surface area is 116 Å². The maximum absolute atomic E-state index is 10.4. The van der Waals surface area contributed by atoms with E-state index in [0.29, 0.717) is 5.56 Å². The van der Waals surface area contributed by atoms with Crippen LogP contribution < -0.4 is 0 Å². The molecule has 3 aromatic rings. The molecule has 0 amide bonds. The number of aliphatic hydroxyl groups is 1. The first-order valence-electron chi connectivity index (χ1n) is 6.23. The van der Waals surface area contributed by atoms with Gasteiger partial charge in [-0.05, 0) is 23.8 Å². The van der Waals surface area contributed by atoms with Crippen LogP contribution in [0, 0.1) is 0 Å². The molecule has 0 bridgehead atoms. The second-order valence-electron chi connectivity index (χ2n) is 4.46. The van der Waals surface area contributed by atoms with Crippen molar-refractivity contribution in [3.63, 3.8) is 0 Å². The number of aliphatic hydroxyl groups excluding tert-OH is 1. The minimum Gasteiger partial charge on any atom is -0.384 e. The predicted octanol–water partition coefficient (Wildman–Crippen LogP) is 2.75. The molecule has 4 nitrogen and oxygen atoms in total. The van der Waals surface area contributed by atoms with Crippen LogP contribution in [-0.2, 0) is 0 Å². The van der Waals surface area contributed by atoms with Gasteiger partial charge in [-0.25, -0.2) is 9.97 Å². The number of benzene rings is 1. The fourth-order valence-electron chi connectivity index (χ4n) is 2.20. The summed E-state index contributed by atoms with van der Waals surface area (Å²) in [4.78, 5) is 12.2. The summed E-state index contributed by atoms with van der Waals surface area (Å²) in [5.74, 6) is 0. The van der Waals surface area contributed by atoms with Gasteiger partial charge in [0.2, 0.25) is 0 Å². The van der Waals surface area contributed by atoms with Crippen molar-refractivity contribution in [1.82, 2.24) is 15.0 Å². The second-order valence-corrected chi connectivity index (χ2v) is 4.46. The number of nitrogens with zero attached hydrogens (tertiary/aromatic N) is 3. The van der Waals surface area contributed by atoms with Gasteiger partial charge in [0.15, 0.2) is 0 Å². The number of pyridine rings is 1. The van der Waals surface area contributed by atoms with Crippen LogP contribution in [0.5, 0.6) is 0 Å². The van der Waals surface area contributed by atoms with Crippen molar-refractivity contribution in [2.75, 3.05) is 0 Å². The summed E-state index contributed by atoms with van der Waals surface area (Å²) in [5.41, 5.74) is 3.21. The summed E-state index contributed by atoms with van der Waals surface area (Å²) < 4.78 is 0. The van der Waals surface area contributed by atoms with E-state index < -0.39 is 6.10 Å². The molecule has 1 unspecified atom stereocenters. The van der Waals surface area contributed by atoms with E-state index in [-0.39, 0.29) is 0 Å². The van der Waals surface area contributed by atoms with Crippen molar-refractivity contribution in [1.29, 1.82) is 0 Å². The van der Waals surface area contributed by atoms with Gasteiger partial charge in [0.05, 0.1) is 5.52 Å². The Bertz CT molecular complexity index is 756. The first-order chi connectivity index (χ1) is 9.79. The highest BCUT2D eigenvalue weighted by atomic mass is 16.3. The van der Waals surface area contributed by atoms with Crippen molar-refractivity contribution in [2.45, 2.75) is 6.10 Å². The standard InChI is InChI=1S/C16H13N3O/c1-2-11-6-13(7-12-4-3-5-19-15(11)12)16(20)14-8-17-10-18-9-14/h2-10,16,20H,1H2. The smallest absolute Gasteiger partial charge is 0.115 e. The molecule has 0 radical (unpaired) electrons. The zero-order valence-electron chi connectivity index (χ0n) is 10.8. The second kappa shape index (κ2) is 5.19. The highest BCUT2D eigenvalue weighted by Gasteiger charge is 2.13. The lowest BCUT2D eigenvalue weighted by Gasteiger charge is -2.13. The van der Waals surface area contributed by atoms with Crippen molar-refractivity contribution in [3.8, 4) is 0 Å². The summed E-state index contributed by atoms with van der Waals surface area (Å²) in [6.45, 7) is 3.81. The summed E-state index contributed by atoms with van der Waals surface area (Å²) >= 11 is 0. The van der Waals surface area contributed by atoms with Crippen LogP contribution in [0.25, 0.3) is 17.0 Å². The van der Waals surface area contributed by atoms with Gasteiger partial charge in [0.1, 0.15) is 12.4 Å². The van der Waals surface area contributed by atoms with Gasteiger partial charge in [0.25, 0.3) is 0 Å². The third-order valence-corrected chi connectivity index (χ3v) is 3.19. The van der Waals surface area contributed by atoms with Crippen molar-refractivity contribution in [2.24, 2.45) is 0 Å². The summed E-state index contributed by atoms with van der Waals surface area (Å²) in [6.07, 6.45) is 7.39. The summed E-state index contributed by atoms with van der Waals surface area (Å²) in [6, 6.07) is 7.65. The van der Waals surface area contributed by atoms with E-state index in [2.05, 4.69) is 21.5 Å². The molecule has 0 aliphatic heterocycles. The first-order valence-corrected chi connectivity index (χ1v) is 6.23. The van der Waals surface area contributed by atoms with E-state index in [1.807, 2.05) is 24.3 Å². The number of rotatable bonds is 3. The summed E-state index contributed by atoms with van der Waals surface area (Å²) in [5, 5.41) is 11.4. The molecule has 0 aliphatic rings. The van der Waals surface area contributed by atoms with E-state index in [1.165, 1.54) is 6.33 Å². The fraction of sp³-hybridized carbons (Fsp3) is 0.0625. The minimum atomic E-state index is -0.764. The molecule has 0 fully saturated rings. The van der Waals surface area contributed by atoms with Gasteiger partial charge in [-0.15, -0.1) is 0 Å². The Kier molecular flexibility index (Phi) is 3.23. The van der Waals surface area contributed by atoms with Crippen molar-refractivity contribution >= 4 is 17.0 Å². The molecular weight excluding hydrogens is 250 g/mol. The van der Waals surface area contributed by atoms with Gasteiger partial charge in [-0.3, -0.25) is 4.98 Å². The largest absolute Gasteiger partial charge is 0.384 e. The van der Waals surface area contributed by atoms with Crippen LogP contribution in [0.3, 0.4) is 0 Å². The number of hydrogen-bond donors (Lipinski definition) is 1. The third kappa shape index (κ3) is 2.17. The van der Waals surface area contributed by atoms with Crippen molar-refractivity contribution in [3.05, 3.63) is 72.5 Å². The molecule has 0 spiro atoms. The Morgan fingerprint density at radius 2 is 1.95 bits per heavy atom. The van der Waals surface area contributed by atoms with Gasteiger partial charge in [0, 0.05) is 35.1 Å². The average Bonchev–Trinajstić information content (AvgIpc) is 2.54. The number of aromatic nitrogens is 3. The Balaban J connectivity index is 2.15. The molecule has 4 heteroatoms. The lowest BCUT2D eigenvalue weighted by Crippen LogP contribution is -2.01. The van der Waals surface area contributed by atoms with Gasteiger partial charge in [-0.1, -0.05) is 18.7 Å². The van der Waals surface area contributed by atoms with Crippen LogP contribution in [0.2, 0.25) is 0 Å². The third-order valence-electron chi connectivity index (χ3n) is 3.19. The molecule has 0 saturated carbocycles. The van der Waals surface area contributed by atoms with Crippen LogP contribution in [0.4, 0.5) is 0 Å². The van der Waals surface area contributed by atoms with E-state index in [9.17, 15) is 5.11 Å². The summed E-state index contributed by atoms with van der Waals surface area (Å²) in [7, 11) is 0. The quantitative estimate of drug-likeness (QED) is 0.789. The predicted molar refractivity (Wildman–Crippen MR) is 77.9 cm³/mol. The van der Waals surface area contributed by atoms with E-state index in [0.717, 1.165) is 22.0 Å². The van der Waals surface area contributed by atoms with Crippen molar-refractivity contribution < 1.29 is 5.11 Å². The van der Waals surface area contributed by atoms with Crippen LogP contribution >= 0.6 is 0 Å². The molecule has 0 aliphatic carbocycles. The average molecular weight is 263 g/mol. The lowest BCUT2D eigenvalue weighted by atomic mass is 9.98. The Morgan fingerprint density at radius 3 is 2.70 bits per heavy atom. The molecule has 3 rings (SSSR count). The Hall–Kier alpha value is -2.59.